The number of carbonyl (C=O) groups excluding carboxylic acids is 2. The number of rotatable bonds is 1. The van der Waals surface area contributed by atoms with Gasteiger partial charge in [0.1, 0.15) is 5.60 Å². The van der Waals surface area contributed by atoms with Crippen LogP contribution in [0.15, 0.2) is 0 Å². The molecule has 2 amide bonds. The molecule has 5 nitrogen and oxygen atoms in total. The number of carbonyl (C=O) groups is 2. The molecule has 0 unspecified atom stereocenters. The molecule has 21 heavy (non-hydrogen) atoms. The van der Waals surface area contributed by atoms with Crippen molar-refractivity contribution in [3.63, 3.8) is 0 Å². The van der Waals surface area contributed by atoms with E-state index in [9.17, 15) is 9.59 Å². The second-order valence-electron chi connectivity index (χ2n) is 7.52. The maximum absolute atomic E-state index is 12.1. The van der Waals surface area contributed by atoms with Crippen LogP contribution in [0.25, 0.3) is 0 Å². The Morgan fingerprint density at radius 2 is 1.67 bits per heavy atom. The summed E-state index contributed by atoms with van der Waals surface area (Å²) >= 11 is 0. The molecule has 1 aliphatic carbocycles. The highest BCUT2D eigenvalue weighted by Crippen LogP contribution is 2.45. The lowest BCUT2D eigenvalue weighted by Crippen LogP contribution is -2.44. The molecule has 0 aromatic rings. The van der Waals surface area contributed by atoms with Gasteiger partial charge in [-0.15, -0.1) is 0 Å². The Morgan fingerprint density at radius 3 is 2.19 bits per heavy atom. The van der Waals surface area contributed by atoms with Gasteiger partial charge >= 0.3 is 6.09 Å². The summed E-state index contributed by atoms with van der Waals surface area (Å²) in [4.78, 5) is 23.8. The Kier molecular flexibility index (Phi) is 4.91. The molecule has 2 fully saturated rings. The molecule has 0 bridgehead atoms. The van der Waals surface area contributed by atoms with E-state index in [1.165, 1.54) is 12.8 Å². The molecule has 0 radical (unpaired) electrons. The van der Waals surface area contributed by atoms with Gasteiger partial charge in [0, 0.05) is 5.92 Å². The normalized spacial score (nSPS) is 22.8. The summed E-state index contributed by atoms with van der Waals surface area (Å²) in [6, 6.07) is 0. The highest BCUT2D eigenvalue weighted by Gasteiger charge is 2.38. The first-order valence-corrected chi connectivity index (χ1v) is 8.04. The number of amides is 2. The van der Waals surface area contributed by atoms with Gasteiger partial charge in [-0.05, 0) is 77.8 Å². The molecular formula is C16H28N2O3. The molecule has 2 N–H and O–H groups in total. The monoisotopic (exact) mass is 296 g/mol. The van der Waals surface area contributed by atoms with E-state index < -0.39 is 11.7 Å². The van der Waals surface area contributed by atoms with Crippen molar-refractivity contribution in [3.8, 4) is 0 Å². The largest absolute Gasteiger partial charge is 0.444 e. The first-order valence-electron chi connectivity index (χ1n) is 8.04. The first kappa shape index (κ1) is 16.3. The minimum absolute atomic E-state index is 0.0435. The zero-order chi connectivity index (χ0) is 15.5. The van der Waals surface area contributed by atoms with Gasteiger partial charge in [-0.3, -0.25) is 10.1 Å². The van der Waals surface area contributed by atoms with E-state index in [2.05, 4.69) is 10.6 Å². The molecule has 1 saturated carbocycles. The summed E-state index contributed by atoms with van der Waals surface area (Å²) in [5.74, 6) is -0.217. The summed E-state index contributed by atoms with van der Waals surface area (Å²) in [6.45, 7) is 7.55. The molecule has 1 spiro atoms. The van der Waals surface area contributed by atoms with Gasteiger partial charge in [-0.2, -0.15) is 0 Å². The van der Waals surface area contributed by atoms with Crippen LogP contribution in [0.5, 0.6) is 0 Å². The smallest absolute Gasteiger partial charge is 0.414 e. The highest BCUT2D eigenvalue weighted by molar-refractivity contribution is 5.93. The van der Waals surface area contributed by atoms with Crippen LogP contribution in [0.3, 0.4) is 0 Å². The predicted molar refractivity (Wildman–Crippen MR) is 80.9 cm³/mol. The standard InChI is InChI=1S/C16H28N2O3/c1-15(2,3)21-14(20)18-13(19)12-4-6-16(7-5-12)8-10-17-11-9-16/h12,17H,4-11H2,1-3H3,(H,18,19,20). The van der Waals surface area contributed by atoms with E-state index in [0.717, 1.165) is 38.8 Å². The van der Waals surface area contributed by atoms with Crippen molar-refractivity contribution in [3.05, 3.63) is 0 Å². The number of alkyl carbamates (subject to hydrolysis) is 1. The van der Waals surface area contributed by atoms with Gasteiger partial charge in [0.25, 0.3) is 0 Å². The second-order valence-corrected chi connectivity index (χ2v) is 7.52. The van der Waals surface area contributed by atoms with Crippen molar-refractivity contribution in [1.29, 1.82) is 0 Å². The van der Waals surface area contributed by atoms with Crippen LogP contribution in [0, 0.1) is 11.3 Å². The molecule has 2 aliphatic rings. The second kappa shape index (κ2) is 6.34. The summed E-state index contributed by atoms with van der Waals surface area (Å²) in [5.41, 5.74) is -0.135. The van der Waals surface area contributed by atoms with E-state index in [0.29, 0.717) is 5.41 Å². The fraction of sp³-hybridized carbons (Fsp3) is 0.875. The minimum Gasteiger partial charge on any atom is -0.444 e. The maximum Gasteiger partial charge on any atom is 0.414 e. The Balaban J connectivity index is 1.79. The molecule has 1 heterocycles. The van der Waals surface area contributed by atoms with Crippen molar-refractivity contribution < 1.29 is 14.3 Å². The lowest BCUT2D eigenvalue weighted by molar-refractivity contribution is -0.126. The number of imide groups is 1. The molecule has 0 atom stereocenters. The van der Waals surface area contributed by atoms with Crippen LogP contribution in [0.4, 0.5) is 4.79 Å². The van der Waals surface area contributed by atoms with Gasteiger partial charge in [0.05, 0.1) is 0 Å². The summed E-state index contributed by atoms with van der Waals surface area (Å²) < 4.78 is 5.13. The molecule has 0 aromatic carbocycles. The Morgan fingerprint density at radius 1 is 1.10 bits per heavy atom. The lowest BCUT2D eigenvalue weighted by Gasteiger charge is -2.42. The summed E-state index contributed by atoms with van der Waals surface area (Å²) in [5, 5.41) is 5.78. The summed E-state index contributed by atoms with van der Waals surface area (Å²) in [6.07, 6.45) is 5.77. The van der Waals surface area contributed by atoms with E-state index >= 15 is 0 Å². The number of ether oxygens (including phenoxy) is 1. The van der Waals surface area contributed by atoms with Crippen molar-refractivity contribution in [2.45, 2.75) is 64.9 Å². The van der Waals surface area contributed by atoms with Gasteiger partial charge in [-0.25, -0.2) is 4.79 Å². The number of nitrogens with one attached hydrogen (secondary N) is 2. The van der Waals surface area contributed by atoms with Gasteiger partial charge in [-0.1, -0.05) is 0 Å². The van der Waals surface area contributed by atoms with Crippen molar-refractivity contribution in [2.24, 2.45) is 11.3 Å². The third-order valence-electron chi connectivity index (χ3n) is 4.71. The molecule has 0 aromatic heterocycles. The van der Waals surface area contributed by atoms with Crippen LogP contribution in [-0.4, -0.2) is 30.7 Å². The topological polar surface area (TPSA) is 67.4 Å². The molecule has 5 heteroatoms. The fourth-order valence-corrected chi connectivity index (χ4v) is 3.46. The summed E-state index contributed by atoms with van der Waals surface area (Å²) in [7, 11) is 0. The fourth-order valence-electron chi connectivity index (χ4n) is 3.46. The predicted octanol–water partition coefficient (Wildman–Crippen LogP) is 2.60. The number of piperidine rings is 1. The average molecular weight is 296 g/mol. The molecule has 2 rings (SSSR count). The van der Waals surface area contributed by atoms with Crippen LogP contribution in [0.1, 0.15) is 59.3 Å². The van der Waals surface area contributed by atoms with E-state index in [1.54, 1.807) is 20.8 Å². The molecule has 1 saturated heterocycles. The van der Waals surface area contributed by atoms with Crippen molar-refractivity contribution in [2.75, 3.05) is 13.1 Å². The van der Waals surface area contributed by atoms with Gasteiger partial charge in [0.2, 0.25) is 5.91 Å². The first-order chi connectivity index (χ1) is 9.80. The molecular weight excluding hydrogens is 268 g/mol. The Bertz CT molecular complexity index is 385. The number of hydrogen-bond donors (Lipinski definition) is 2. The van der Waals surface area contributed by atoms with E-state index in [4.69, 9.17) is 4.74 Å². The zero-order valence-corrected chi connectivity index (χ0v) is 13.5. The minimum atomic E-state index is -0.630. The average Bonchev–Trinajstić information content (AvgIpc) is 2.38. The van der Waals surface area contributed by atoms with Crippen LogP contribution in [0.2, 0.25) is 0 Å². The molecule has 120 valence electrons. The quantitative estimate of drug-likeness (QED) is 0.780. The molecule has 1 aliphatic heterocycles. The highest BCUT2D eigenvalue weighted by atomic mass is 16.6. The van der Waals surface area contributed by atoms with Crippen molar-refractivity contribution in [1.82, 2.24) is 10.6 Å². The zero-order valence-electron chi connectivity index (χ0n) is 13.5. The van der Waals surface area contributed by atoms with E-state index in [1.807, 2.05) is 0 Å². The van der Waals surface area contributed by atoms with Gasteiger partial charge in [0.15, 0.2) is 0 Å². The van der Waals surface area contributed by atoms with Gasteiger partial charge < -0.3 is 10.1 Å². The maximum atomic E-state index is 12.1. The van der Waals surface area contributed by atoms with E-state index in [-0.39, 0.29) is 11.8 Å². The number of hydrogen-bond acceptors (Lipinski definition) is 4. The Hall–Kier alpha value is -1.10. The SMILES string of the molecule is CC(C)(C)OC(=O)NC(=O)C1CCC2(CCNCC2)CC1. The third kappa shape index (κ3) is 4.70. The van der Waals surface area contributed by atoms with Crippen LogP contribution in [-0.2, 0) is 9.53 Å². The van der Waals surface area contributed by atoms with Crippen molar-refractivity contribution >= 4 is 12.0 Å². The Labute approximate surface area is 127 Å². The lowest BCUT2D eigenvalue weighted by atomic mass is 9.65. The van der Waals surface area contributed by atoms with Crippen LogP contribution < -0.4 is 10.6 Å². The van der Waals surface area contributed by atoms with Crippen LogP contribution >= 0.6 is 0 Å². The third-order valence-corrected chi connectivity index (χ3v) is 4.71.